The van der Waals surface area contributed by atoms with Crippen LogP contribution in [0.3, 0.4) is 0 Å². The van der Waals surface area contributed by atoms with Crippen molar-refractivity contribution in [2.24, 2.45) is 4.99 Å². The maximum absolute atomic E-state index is 11.3. The van der Waals surface area contributed by atoms with Gasteiger partial charge in [-0.25, -0.2) is 4.99 Å². The predicted molar refractivity (Wildman–Crippen MR) is 113 cm³/mol. The molecule has 0 bridgehead atoms. The molecule has 1 aromatic carbocycles. The highest BCUT2D eigenvalue weighted by atomic mass is 16.5. The smallest absolute Gasteiger partial charge is 0.184 e. The molecule has 4 nitrogen and oxygen atoms in total. The molecule has 2 rings (SSSR count). The van der Waals surface area contributed by atoms with Crippen molar-refractivity contribution in [2.45, 2.75) is 90.0 Å². The van der Waals surface area contributed by atoms with Crippen LogP contribution in [0.5, 0.6) is 5.75 Å². The molecule has 1 aliphatic heterocycles. The third-order valence-corrected chi connectivity index (χ3v) is 5.32. The van der Waals surface area contributed by atoms with Crippen LogP contribution < -0.4 is 9.80 Å². The molecule has 0 radical (unpaired) electrons. The van der Waals surface area contributed by atoms with Crippen molar-refractivity contribution in [2.75, 3.05) is 13.2 Å². The van der Waals surface area contributed by atoms with Gasteiger partial charge in [-0.1, -0.05) is 89.7 Å². The van der Waals surface area contributed by atoms with Crippen molar-refractivity contribution < 1.29 is 9.80 Å². The van der Waals surface area contributed by atoms with Gasteiger partial charge >= 0.3 is 0 Å². The molecular formula is C23H38N2O2. The molecule has 1 aromatic rings. The van der Waals surface area contributed by atoms with Gasteiger partial charge in [0.2, 0.25) is 0 Å². The molecule has 0 saturated heterocycles. The summed E-state index contributed by atoms with van der Waals surface area (Å²) >= 11 is 0. The van der Waals surface area contributed by atoms with Gasteiger partial charge in [-0.3, -0.25) is 0 Å². The number of unbranched alkanes of at least 4 members (excludes halogenated alkanes) is 11. The summed E-state index contributed by atoms with van der Waals surface area (Å²) in [6.07, 6.45) is 17.8. The van der Waals surface area contributed by atoms with Gasteiger partial charge in [0, 0.05) is 0 Å². The largest absolute Gasteiger partial charge is 0.628 e. The minimum atomic E-state index is 0.00268. The fourth-order valence-corrected chi connectivity index (χ4v) is 3.59. The SMILES string of the molecule is CCCCCCCCCCCCCCOc1ccc(C2C[NH+]([O-])C=N2)cc1. The van der Waals surface area contributed by atoms with Crippen molar-refractivity contribution in [1.82, 2.24) is 0 Å². The third kappa shape index (κ3) is 9.39. The summed E-state index contributed by atoms with van der Waals surface area (Å²) in [7, 11) is 0. The summed E-state index contributed by atoms with van der Waals surface area (Å²) in [5, 5.41) is 11.4. The van der Waals surface area contributed by atoms with Crippen molar-refractivity contribution in [3.63, 3.8) is 0 Å². The second-order valence-corrected chi connectivity index (χ2v) is 7.77. The minimum Gasteiger partial charge on any atom is -0.628 e. The second-order valence-electron chi connectivity index (χ2n) is 7.77. The van der Waals surface area contributed by atoms with Crippen LogP contribution in [0.2, 0.25) is 0 Å². The number of nitrogens with one attached hydrogen (secondary N) is 1. The molecular weight excluding hydrogens is 336 g/mol. The van der Waals surface area contributed by atoms with E-state index < -0.39 is 0 Å². The van der Waals surface area contributed by atoms with E-state index in [4.69, 9.17) is 4.74 Å². The van der Waals surface area contributed by atoms with E-state index in [1.54, 1.807) is 0 Å². The predicted octanol–water partition coefficient (Wildman–Crippen LogP) is 5.23. The first kappa shape index (κ1) is 21.9. The average Bonchev–Trinajstić information content (AvgIpc) is 3.12. The van der Waals surface area contributed by atoms with E-state index in [1.165, 1.54) is 77.0 Å². The molecule has 27 heavy (non-hydrogen) atoms. The number of hydrogen-bond acceptors (Lipinski definition) is 3. The van der Waals surface area contributed by atoms with Gasteiger partial charge in [0.05, 0.1) is 6.61 Å². The van der Waals surface area contributed by atoms with E-state index in [9.17, 15) is 5.21 Å². The molecule has 152 valence electrons. The van der Waals surface area contributed by atoms with E-state index >= 15 is 0 Å². The zero-order chi connectivity index (χ0) is 19.2. The highest BCUT2D eigenvalue weighted by Gasteiger charge is 2.18. The summed E-state index contributed by atoms with van der Waals surface area (Å²) < 4.78 is 5.83. The summed E-state index contributed by atoms with van der Waals surface area (Å²) in [4.78, 5) is 4.24. The van der Waals surface area contributed by atoms with Crippen LogP contribution in [0.15, 0.2) is 29.3 Å². The Morgan fingerprint density at radius 1 is 0.889 bits per heavy atom. The summed E-state index contributed by atoms with van der Waals surface area (Å²) in [5.74, 6) is 0.912. The maximum atomic E-state index is 11.3. The molecule has 4 heteroatoms. The lowest BCUT2D eigenvalue weighted by molar-refractivity contribution is -0.734. The Labute approximate surface area is 165 Å². The molecule has 0 aliphatic carbocycles. The molecule has 0 aromatic heterocycles. The van der Waals surface area contributed by atoms with Crippen LogP contribution in [0, 0.1) is 5.21 Å². The Bertz CT molecular complexity index is 516. The molecule has 1 heterocycles. The van der Waals surface area contributed by atoms with Crippen LogP contribution >= 0.6 is 0 Å². The number of hydroxylamine groups is 2. The van der Waals surface area contributed by atoms with E-state index in [2.05, 4.69) is 11.9 Å². The lowest BCUT2D eigenvalue weighted by atomic mass is 10.1. The topological polar surface area (TPSA) is 49.1 Å². The zero-order valence-corrected chi connectivity index (χ0v) is 17.1. The van der Waals surface area contributed by atoms with E-state index in [-0.39, 0.29) is 11.1 Å². The number of benzene rings is 1. The maximum Gasteiger partial charge on any atom is 0.184 e. The van der Waals surface area contributed by atoms with Crippen LogP contribution in [-0.2, 0) is 0 Å². The van der Waals surface area contributed by atoms with Crippen LogP contribution in [0.1, 0.15) is 95.6 Å². The van der Waals surface area contributed by atoms with E-state index in [1.807, 2.05) is 24.3 Å². The van der Waals surface area contributed by atoms with Gasteiger partial charge in [0.1, 0.15) is 18.3 Å². The number of quaternary nitrogens is 1. The first-order valence-corrected chi connectivity index (χ1v) is 11.1. The molecule has 0 amide bonds. The van der Waals surface area contributed by atoms with Crippen molar-refractivity contribution in [3.05, 3.63) is 35.0 Å². The number of ether oxygens (including phenoxy) is 1. The normalized spacial score (nSPS) is 18.9. The first-order chi connectivity index (χ1) is 13.3. The summed E-state index contributed by atoms with van der Waals surface area (Å²) in [5.41, 5.74) is 1.09. The monoisotopic (exact) mass is 374 g/mol. The fourth-order valence-electron chi connectivity index (χ4n) is 3.59. The van der Waals surface area contributed by atoms with E-state index in [0.717, 1.165) is 24.3 Å². The number of hydrogen-bond donors (Lipinski definition) is 1. The summed E-state index contributed by atoms with van der Waals surface area (Å²) in [6.45, 7) is 3.56. The van der Waals surface area contributed by atoms with Gasteiger partial charge in [-0.05, 0) is 24.1 Å². The van der Waals surface area contributed by atoms with Crippen LogP contribution in [0.25, 0.3) is 0 Å². The van der Waals surface area contributed by atoms with Gasteiger partial charge in [-0.2, -0.15) is 0 Å². The summed E-state index contributed by atoms with van der Waals surface area (Å²) in [6, 6.07) is 8.04. The van der Waals surface area contributed by atoms with Crippen LogP contribution in [-0.4, -0.2) is 19.5 Å². The lowest BCUT2D eigenvalue weighted by Gasteiger charge is -2.13. The number of aliphatic imine (C=N–C) groups is 1. The van der Waals surface area contributed by atoms with Gasteiger partial charge in [0.15, 0.2) is 6.34 Å². The van der Waals surface area contributed by atoms with Crippen molar-refractivity contribution >= 4 is 6.34 Å². The van der Waals surface area contributed by atoms with E-state index in [0.29, 0.717) is 6.54 Å². The van der Waals surface area contributed by atoms with Crippen molar-refractivity contribution in [1.29, 1.82) is 0 Å². The third-order valence-electron chi connectivity index (χ3n) is 5.32. The Morgan fingerprint density at radius 3 is 1.96 bits per heavy atom. The Kier molecular flexibility index (Phi) is 11.1. The molecule has 0 spiro atoms. The number of rotatable bonds is 15. The highest BCUT2D eigenvalue weighted by Crippen LogP contribution is 2.21. The molecule has 1 N–H and O–H groups in total. The molecule has 2 unspecified atom stereocenters. The van der Waals surface area contributed by atoms with Crippen LogP contribution in [0.4, 0.5) is 0 Å². The quantitative estimate of drug-likeness (QED) is 0.337. The Morgan fingerprint density at radius 2 is 1.44 bits per heavy atom. The standard InChI is InChI=1S/C23H38N2O2/c1-2-3-4-5-6-7-8-9-10-11-12-13-18-27-22-16-14-21(15-17-22)23-19-25(26)20-24-23/h14-17,20,23,25H,2-13,18-19H2,1H3. The highest BCUT2D eigenvalue weighted by molar-refractivity contribution is 5.47. The average molecular weight is 375 g/mol. The fraction of sp³-hybridized carbons (Fsp3) is 0.696. The molecule has 0 saturated carbocycles. The molecule has 2 atom stereocenters. The second kappa shape index (κ2) is 13.7. The number of nitrogens with zero attached hydrogens (tertiary/aromatic N) is 1. The van der Waals surface area contributed by atoms with Crippen molar-refractivity contribution in [3.8, 4) is 5.75 Å². The minimum absolute atomic E-state index is 0.00268. The van der Waals surface area contributed by atoms with Gasteiger partial charge in [-0.15, -0.1) is 0 Å². The molecule has 1 aliphatic rings. The zero-order valence-electron chi connectivity index (χ0n) is 17.1. The molecule has 0 fully saturated rings. The lowest BCUT2D eigenvalue weighted by Crippen LogP contribution is -3.04. The Balaban J connectivity index is 1.41. The Hall–Kier alpha value is -1.39. The van der Waals surface area contributed by atoms with Gasteiger partial charge in [0.25, 0.3) is 0 Å². The van der Waals surface area contributed by atoms with Gasteiger partial charge < -0.3 is 15.0 Å². The first-order valence-electron chi connectivity index (χ1n) is 11.1.